The molecule has 5 heteroatoms. The molecule has 1 N–H and O–H groups in total. The fourth-order valence-electron chi connectivity index (χ4n) is 2.54. The van der Waals surface area contributed by atoms with Gasteiger partial charge in [-0.1, -0.05) is 0 Å². The van der Waals surface area contributed by atoms with Crippen LogP contribution in [0.1, 0.15) is 24.6 Å². The van der Waals surface area contributed by atoms with E-state index in [1.165, 1.54) is 18.6 Å². The summed E-state index contributed by atoms with van der Waals surface area (Å²) >= 11 is 0. The summed E-state index contributed by atoms with van der Waals surface area (Å²) in [5, 5.41) is 3.40. The van der Waals surface area contributed by atoms with Crippen molar-refractivity contribution in [3.8, 4) is 0 Å². The minimum absolute atomic E-state index is 0. The van der Waals surface area contributed by atoms with Gasteiger partial charge in [-0.3, -0.25) is 4.90 Å². The highest BCUT2D eigenvalue weighted by Gasteiger charge is 2.38. The molecule has 17 heavy (non-hydrogen) atoms. The lowest BCUT2D eigenvalue weighted by Crippen LogP contribution is -2.45. The number of rotatable bonds is 3. The van der Waals surface area contributed by atoms with Gasteiger partial charge in [0.1, 0.15) is 5.76 Å². The Morgan fingerprint density at radius 1 is 1.24 bits per heavy atom. The molecule has 0 aromatic carbocycles. The minimum Gasteiger partial charge on any atom is -0.468 e. The molecule has 0 bridgehead atoms. The lowest BCUT2D eigenvalue weighted by Gasteiger charge is -2.33. The van der Waals surface area contributed by atoms with E-state index >= 15 is 0 Å². The van der Waals surface area contributed by atoms with E-state index in [1.54, 1.807) is 6.26 Å². The van der Waals surface area contributed by atoms with Crippen LogP contribution in [0.15, 0.2) is 22.8 Å². The van der Waals surface area contributed by atoms with Gasteiger partial charge in [0.15, 0.2) is 0 Å². The van der Waals surface area contributed by atoms with Crippen LogP contribution >= 0.6 is 24.8 Å². The van der Waals surface area contributed by atoms with Gasteiger partial charge < -0.3 is 9.73 Å². The molecular formula is C12H20Cl2N2O. The van der Waals surface area contributed by atoms with Gasteiger partial charge in [0.05, 0.1) is 12.3 Å². The quantitative estimate of drug-likeness (QED) is 0.921. The first kappa shape index (κ1) is 14.8. The third-order valence-corrected chi connectivity index (χ3v) is 3.45. The number of furan rings is 1. The predicted molar refractivity (Wildman–Crippen MR) is 73.1 cm³/mol. The molecule has 3 nitrogen and oxygen atoms in total. The minimum atomic E-state index is 0. The third kappa shape index (κ3) is 3.38. The van der Waals surface area contributed by atoms with E-state index in [0.717, 1.165) is 32.1 Å². The van der Waals surface area contributed by atoms with Crippen molar-refractivity contribution in [1.29, 1.82) is 0 Å². The second-order valence-electron chi connectivity index (χ2n) is 4.58. The molecule has 0 amide bonds. The van der Waals surface area contributed by atoms with E-state index in [0.29, 0.717) is 6.04 Å². The molecule has 0 unspecified atom stereocenters. The van der Waals surface area contributed by atoms with E-state index < -0.39 is 0 Å². The van der Waals surface area contributed by atoms with Crippen molar-refractivity contribution in [2.45, 2.75) is 18.9 Å². The molecule has 2 aliphatic rings. The van der Waals surface area contributed by atoms with Crippen LogP contribution in [0.3, 0.4) is 0 Å². The van der Waals surface area contributed by atoms with Crippen molar-refractivity contribution in [1.82, 2.24) is 10.2 Å². The first-order valence-electron chi connectivity index (χ1n) is 5.93. The Morgan fingerprint density at radius 2 is 1.94 bits per heavy atom. The number of hydrogen-bond donors (Lipinski definition) is 1. The summed E-state index contributed by atoms with van der Waals surface area (Å²) < 4.78 is 5.59. The third-order valence-electron chi connectivity index (χ3n) is 3.45. The summed E-state index contributed by atoms with van der Waals surface area (Å²) in [5.41, 5.74) is 0. The SMILES string of the molecule is Cl.Cl.c1coc([C@H](C2CC2)N2CCNCC2)c1. The normalized spacial score (nSPS) is 22.4. The largest absolute Gasteiger partial charge is 0.468 e. The Morgan fingerprint density at radius 3 is 2.47 bits per heavy atom. The Bertz CT molecular complexity index is 308. The lowest BCUT2D eigenvalue weighted by atomic mass is 10.1. The summed E-state index contributed by atoms with van der Waals surface area (Å²) in [5.74, 6) is 2.01. The molecule has 3 rings (SSSR count). The summed E-state index contributed by atoms with van der Waals surface area (Å²) in [6.45, 7) is 4.54. The maximum absolute atomic E-state index is 5.59. The van der Waals surface area contributed by atoms with Crippen molar-refractivity contribution in [3.05, 3.63) is 24.2 Å². The van der Waals surface area contributed by atoms with Crippen LogP contribution in [0.5, 0.6) is 0 Å². The van der Waals surface area contributed by atoms with Crippen molar-refractivity contribution < 1.29 is 4.42 Å². The van der Waals surface area contributed by atoms with Gasteiger partial charge in [-0.05, 0) is 30.9 Å². The van der Waals surface area contributed by atoms with Crippen LogP contribution in [0, 0.1) is 5.92 Å². The zero-order valence-corrected chi connectivity index (χ0v) is 11.4. The van der Waals surface area contributed by atoms with Gasteiger partial charge in [0, 0.05) is 26.2 Å². The predicted octanol–water partition coefficient (Wildman–Crippen LogP) is 2.48. The van der Waals surface area contributed by atoms with E-state index in [1.807, 2.05) is 6.07 Å². The molecule has 1 saturated heterocycles. The molecular weight excluding hydrogens is 259 g/mol. The van der Waals surface area contributed by atoms with Gasteiger partial charge in [0.2, 0.25) is 0 Å². The van der Waals surface area contributed by atoms with Crippen LogP contribution in [-0.4, -0.2) is 31.1 Å². The molecule has 98 valence electrons. The number of nitrogens with zero attached hydrogens (tertiary/aromatic N) is 1. The summed E-state index contributed by atoms with van der Waals surface area (Å²) in [7, 11) is 0. The zero-order chi connectivity index (χ0) is 10.1. The van der Waals surface area contributed by atoms with E-state index in [-0.39, 0.29) is 24.8 Å². The fraction of sp³-hybridized carbons (Fsp3) is 0.667. The van der Waals surface area contributed by atoms with Crippen LogP contribution in [0.25, 0.3) is 0 Å². The molecule has 0 spiro atoms. The van der Waals surface area contributed by atoms with Crippen LogP contribution in [0.2, 0.25) is 0 Å². The Hall–Kier alpha value is -0.220. The molecule has 1 atom stereocenters. The van der Waals surface area contributed by atoms with Gasteiger partial charge in [-0.15, -0.1) is 24.8 Å². The summed E-state index contributed by atoms with van der Waals surface area (Å²) in [4.78, 5) is 2.58. The fourth-order valence-corrected chi connectivity index (χ4v) is 2.54. The molecule has 1 aliphatic heterocycles. The molecule has 0 radical (unpaired) electrons. The number of nitrogens with one attached hydrogen (secondary N) is 1. The Labute approximate surface area is 115 Å². The Kier molecular flexibility index (Phi) is 5.80. The summed E-state index contributed by atoms with van der Waals surface area (Å²) in [6, 6.07) is 4.68. The van der Waals surface area contributed by atoms with E-state index in [4.69, 9.17) is 4.42 Å². The van der Waals surface area contributed by atoms with Gasteiger partial charge >= 0.3 is 0 Å². The van der Waals surface area contributed by atoms with Crippen molar-refractivity contribution >= 4 is 24.8 Å². The monoisotopic (exact) mass is 278 g/mol. The first-order chi connectivity index (χ1) is 7.45. The smallest absolute Gasteiger partial charge is 0.121 e. The van der Waals surface area contributed by atoms with Crippen molar-refractivity contribution in [2.75, 3.05) is 26.2 Å². The highest BCUT2D eigenvalue weighted by atomic mass is 35.5. The topological polar surface area (TPSA) is 28.4 Å². The molecule has 1 aromatic heterocycles. The van der Waals surface area contributed by atoms with Gasteiger partial charge in [-0.25, -0.2) is 0 Å². The molecule has 1 aromatic rings. The number of piperazine rings is 1. The van der Waals surface area contributed by atoms with Crippen molar-refractivity contribution in [3.63, 3.8) is 0 Å². The molecule has 2 fully saturated rings. The molecule has 1 saturated carbocycles. The van der Waals surface area contributed by atoms with Gasteiger partial charge in [0.25, 0.3) is 0 Å². The standard InChI is InChI=1S/C12H18N2O.2ClH/c1-2-11(15-9-1)12(10-3-4-10)14-7-5-13-6-8-14;;/h1-2,9-10,12-13H,3-8H2;2*1H/t12-;;/m0../s1. The maximum Gasteiger partial charge on any atom is 0.121 e. The highest BCUT2D eigenvalue weighted by molar-refractivity contribution is 5.85. The average Bonchev–Trinajstić information content (AvgIpc) is 2.96. The van der Waals surface area contributed by atoms with E-state index in [2.05, 4.69) is 16.3 Å². The second kappa shape index (κ2) is 6.64. The summed E-state index contributed by atoms with van der Waals surface area (Å²) in [6.07, 6.45) is 4.54. The average molecular weight is 279 g/mol. The van der Waals surface area contributed by atoms with Crippen LogP contribution < -0.4 is 5.32 Å². The maximum atomic E-state index is 5.59. The second-order valence-corrected chi connectivity index (χ2v) is 4.58. The zero-order valence-electron chi connectivity index (χ0n) is 9.80. The van der Waals surface area contributed by atoms with Crippen LogP contribution in [-0.2, 0) is 0 Å². The Balaban J connectivity index is 0.000000722. The number of hydrogen-bond acceptors (Lipinski definition) is 3. The lowest BCUT2D eigenvalue weighted by molar-refractivity contribution is 0.137. The van der Waals surface area contributed by atoms with E-state index in [9.17, 15) is 0 Å². The van der Waals surface area contributed by atoms with Gasteiger partial charge in [-0.2, -0.15) is 0 Å². The highest BCUT2D eigenvalue weighted by Crippen LogP contribution is 2.44. The van der Waals surface area contributed by atoms with Crippen molar-refractivity contribution in [2.24, 2.45) is 5.92 Å². The molecule has 1 aliphatic carbocycles. The number of halogens is 2. The molecule has 2 heterocycles. The first-order valence-corrected chi connectivity index (χ1v) is 5.93. The van der Waals surface area contributed by atoms with Crippen LogP contribution in [0.4, 0.5) is 0 Å².